The molecule has 17 heavy (non-hydrogen) atoms. The highest BCUT2D eigenvalue weighted by atomic mass is 14.8. The van der Waals surface area contributed by atoms with Gasteiger partial charge in [0, 0.05) is 0 Å². The van der Waals surface area contributed by atoms with E-state index in [0.29, 0.717) is 0 Å². The summed E-state index contributed by atoms with van der Waals surface area (Å²) in [5.74, 6) is 0.865. The number of hydrogen-bond donors (Lipinski definition) is 1. The van der Waals surface area contributed by atoms with E-state index in [0.717, 1.165) is 5.92 Å². The molecule has 0 heterocycles. The molecule has 0 aromatic heterocycles. The summed E-state index contributed by atoms with van der Waals surface area (Å²) >= 11 is 0. The minimum atomic E-state index is 0.865. The van der Waals surface area contributed by atoms with Gasteiger partial charge in [0.15, 0.2) is 0 Å². The van der Waals surface area contributed by atoms with Crippen molar-refractivity contribution in [2.45, 2.75) is 46.0 Å². The van der Waals surface area contributed by atoms with Crippen molar-refractivity contribution in [3.8, 4) is 0 Å². The number of aryl methyl sites for hydroxylation is 1. The molecule has 1 N–H and O–H groups in total. The second-order valence-corrected chi connectivity index (χ2v) is 4.83. The number of nitrogens with one attached hydrogen (secondary N) is 1. The van der Waals surface area contributed by atoms with Crippen molar-refractivity contribution in [1.82, 2.24) is 5.32 Å². The minimum absolute atomic E-state index is 0.865. The summed E-state index contributed by atoms with van der Waals surface area (Å²) in [5.41, 5.74) is 1.47. The predicted molar refractivity (Wildman–Crippen MR) is 76.3 cm³/mol. The molecule has 0 aliphatic rings. The second-order valence-electron chi connectivity index (χ2n) is 4.83. The van der Waals surface area contributed by atoms with Crippen LogP contribution in [0, 0.1) is 5.92 Å². The third-order valence-electron chi connectivity index (χ3n) is 3.50. The predicted octanol–water partition coefficient (Wildman–Crippen LogP) is 4.04. The number of benzene rings is 1. The Bertz CT molecular complexity index is 264. The fraction of sp³-hybridized carbons (Fsp3) is 0.625. The molecule has 0 spiro atoms. The molecule has 0 bridgehead atoms. The van der Waals surface area contributed by atoms with Gasteiger partial charge in [-0.05, 0) is 43.8 Å². The normalized spacial score (nSPS) is 11.0. The Morgan fingerprint density at radius 1 is 1.00 bits per heavy atom. The lowest BCUT2D eigenvalue weighted by molar-refractivity contribution is 0.446. The van der Waals surface area contributed by atoms with Crippen LogP contribution in [0.1, 0.15) is 45.1 Å². The standard InChI is InChI=1S/C16H27N/c1-3-15(4-2)14-17-13-9-8-12-16-10-6-5-7-11-16/h5-7,10-11,15,17H,3-4,8-9,12-14H2,1-2H3. The molecule has 0 aliphatic carbocycles. The first-order chi connectivity index (χ1) is 8.36. The zero-order valence-corrected chi connectivity index (χ0v) is 11.4. The molecule has 0 saturated heterocycles. The van der Waals surface area contributed by atoms with E-state index in [4.69, 9.17) is 0 Å². The van der Waals surface area contributed by atoms with Crippen LogP contribution in [0.4, 0.5) is 0 Å². The molecule has 96 valence electrons. The molecule has 0 atom stereocenters. The first-order valence-electron chi connectivity index (χ1n) is 7.11. The Kier molecular flexibility index (Phi) is 7.74. The molecule has 0 unspecified atom stereocenters. The van der Waals surface area contributed by atoms with E-state index in [2.05, 4.69) is 49.5 Å². The van der Waals surface area contributed by atoms with Crippen molar-refractivity contribution in [1.29, 1.82) is 0 Å². The van der Waals surface area contributed by atoms with Crippen molar-refractivity contribution in [2.75, 3.05) is 13.1 Å². The summed E-state index contributed by atoms with van der Waals surface area (Å²) in [4.78, 5) is 0. The van der Waals surface area contributed by atoms with Gasteiger partial charge in [-0.3, -0.25) is 0 Å². The van der Waals surface area contributed by atoms with Gasteiger partial charge in [0.1, 0.15) is 0 Å². The van der Waals surface area contributed by atoms with Gasteiger partial charge in [0.25, 0.3) is 0 Å². The van der Waals surface area contributed by atoms with Gasteiger partial charge >= 0.3 is 0 Å². The molecule has 0 aliphatic heterocycles. The molecule has 1 heteroatoms. The highest BCUT2D eigenvalue weighted by Gasteiger charge is 2.01. The molecule has 1 aromatic carbocycles. The summed E-state index contributed by atoms with van der Waals surface area (Å²) in [7, 11) is 0. The number of rotatable bonds is 9. The molecule has 1 aromatic rings. The lowest BCUT2D eigenvalue weighted by Gasteiger charge is -2.12. The fourth-order valence-corrected chi connectivity index (χ4v) is 2.11. The van der Waals surface area contributed by atoms with Crippen molar-refractivity contribution in [3.05, 3.63) is 35.9 Å². The van der Waals surface area contributed by atoms with Crippen molar-refractivity contribution in [2.24, 2.45) is 5.92 Å². The van der Waals surface area contributed by atoms with Gasteiger partial charge < -0.3 is 5.32 Å². The van der Waals surface area contributed by atoms with E-state index < -0.39 is 0 Å². The monoisotopic (exact) mass is 233 g/mol. The Hall–Kier alpha value is -0.820. The smallest absolute Gasteiger partial charge is 0.00207 e. The SMILES string of the molecule is CCC(CC)CNCCCCc1ccccc1. The van der Waals surface area contributed by atoms with Crippen molar-refractivity contribution >= 4 is 0 Å². The molecule has 0 saturated carbocycles. The summed E-state index contributed by atoms with van der Waals surface area (Å²) < 4.78 is 0. The average molecular weight is 233 g/mol. The van der Waals surface area contributed by atoms with Crippen LogP contribution in [-0.4, -0.2) is 13.1 Å². The van der Waals surface area contributed by atoms with Crippen LogP contribution >= 0.6 is 0 Å². The summed E-state index contributed by atoms with van der Waals surface area (Å²) in [5, 5.41) is 3.57. The van der Waals surface area contributed by atoms with Crippen molar-refractivity contribution < 1.29 is 0 Å². The van der Waals surface area contributed by atoms with Gasteiger partial charge in [-0.2, -0.15) is 0 Å². The zero-order chi connectivity index (χ0) is 12.3. The largest absolute Gasteiger partial charge is 0.316 e. The first kappa shape index (κ1) is 14.2. The average Bonchev–Trinajstić information content (AvgIpc) is 2.39. The maximum atomic E-state index is 3.57. The van der Waals surface area contributed by atoms with Gasteiger partial charge in [0.2, 0.25) is 0 Å². The Balaban J connectivity index is 1.98. The molecule has 1 nitrogen and oxygen atoms in total. The lowest BCUT2D eigenvalue weighted by Crippen LogP contribution is -2.23. The van der Waals surface area contributed by atoms with Gasteiger partial charge in [0.05, 0.1) is 0 Å². The fourth-order valence-electron chi connectivity index (χ4n) is 2.11. The van der Waals surface area contributed by atoms with Gasteiger partial charge in [-0.1, -0.05) is 57.0 Å². The summed E-state index contributed by atoms with van der Waals surface area (Å²) in [6.07, 6.45) is 6.39. The van der Waals surface area contributed by atoms with Crippen LogP contribution in [-0.2, 0) is 6.42 Å². The summed E-state index contributed by atoms with van der Waals surface area (Å²) in [6.45, 7) is 6.93. The highest BCUT2D eigenvalue weighted by Crippen LogP contribution is 2.06. The maximum absolute atomic E-state index is 3.57. The highest BCUT2D eigenvalue weighted by molar-refractivity contribution is 5.14. The minimum Gasteiger partial charge on any atom is -0.316 e. The quantitative estimate of drug-likeness (QED) is 0.635. The van der Waals surface area contributed by atoms with E-state index in [-0.39, 0.29) is 0 Å². The lowest BCUT2D eigenvalue weighted by atomic mass is 10.0. The van der Waals surface area contributed by atoms with Crippen LogP contribution in [0.2, 0.25) is 0 Å². The molecule has 0 radical (unpaired) electrons. The van der Waals surface area contributed by atoms with Crippen LogP contribution in [0.5, 0.6) is 0 Å². The van der Waals surface area contributed by atoms with Gasteiger partial charge in [-0.15, -0.1) is 0 Å². The first-order valence-corrected chi connectivity index (χ1v) is 7.11. The Morgan fingerprint density at radius 2 is 1.71 bits per heavy atom. The summed E-state index contributed by atoms with van der Waals surface area (Å²) in [6, 6.07) is 10.8. The van der Waals surface area contributed by atoms with Crippen LogP contribution in [0.3, 0.4) is 0 Å². The third-order valence-corrected chi connectivity index (χ3v) is 3.50. The van der Waals surface area contributed by atoms with E-state index in [1.165, 1.54) is 50.8 Å². The van der Waals surface area contributed by atoms with Crippen molar-refractivity contribution in [3.63, 3.8) is 0 Å². The zero-order valence-electron chi connectivity index (χ0n) is 11.4. The third kappa shape index (κ3) is 6.48. The topological polar surface area (TPSA) is 12.0 Å². The van der Waals surface area contributed by atoms with E-state index in [1.54, 1.807) is 0 Å². The van der Waals surface area contributed by atoms with Gasteiger partial charge in [-0.25, -0.2) is 0 Å². The Morgan fingerprint density at radius 3 is 2.35 bits per heavy atom. The molecular weight excluding hydrogens is 206 g/mol. The number of unbranched alkanes of at least 4 members (excludes halogenated alkanes) is 1. The van der Waals surface area contributed by atoms with E-state index >= 15 is 0 Å². The molecule has 1 rings (SSSR count). The van der Waals surface area contributed by atoms with E-state index in [9.17, 15) is 0 Å². The molecular formula is C16H27N. The molecule has 0 fully saturated rings. The van der Waals surface area contributed by atoms with E-state index in [1.807, 2.05) is 0 Å². The van der Waals surface area contributed by atoms with Crippen LogP contribution in [0.25, 0.3) is 0 Å². The second kappa shape index (κ2) is 9.23. The maximum Gasteiger partial charge on any atom is -0.00207 e. The van der Waals surface area contributed by atoms with Crippen LogP contribution in [0.15, 0.2) is 30.3 Å². The molecule has 0 amide bonds. The number of hydrogen-bond acceptors (Lipinski definition) is 1. The Labute approximate surface area is 107 Å². The van der Waals surface area contributed by atoms with Crippen LogP contribution < -0.4 is 5.32 Å².